The van der Waals surface area contributed by atoms with Gasteiger partial charge < -0.3 is 10.1 Å². The Morgan fingerprint density at radius 2 is 1.93 bits per heavy atom. The molecule has 0 saturated carbocycles. The fraction of sp³-hybridized carbons (Fsp3) is 0.273. The third kappa shape index (κ3) is 4.74. The Labute approximate surface area is 164 Å². The molecule has 0 radical (unpaired) electrons. The molecule has 0 aliphatic carbocycles. The molecule has 27 heavy (non-hydrogen) atoms. The third-order valence-corrected chi connectivity index (χ3v) is 5.45. The van der Waals surface area contributed by atoms with Crippen LogP contribution in [0.25, 0.3) is 10.6 Å². The molecule has 3 rings (SSSR count). The summed E-state index contributed by atoms with van der Waals surface area (Å²) in [5.74, 6) is 0.797. The number of benzene rings is 2. The van der Waals surface area contributed by atoms with Crippen LogP contribution in [0.1, 0.15) is 35.3 Å². The van der Waals surface area contributed by atoms with E-state index in [1.165, 1.54) is 11.1 Å². The number of carbonyl (C=O) groups is 1. The summed E-state index contributed by atoms with van der Waals surface area (Å²) in [5.41, 5.74) is 5.34. The Morgan fingerprint density at radius 3 is 2.63 bits per heavy atom. The molecule has 1 atom stereocenters. The second-order valence-electron chi connectivity index (χ2n) is 6.70. The van der Waals surface area contributed by atoms with E-state index in [0.717, 1.165) is 27.6 Å². The van der Waals surface area contributed by atoms with Crippen LogP contribution in [0.3, 0.4) is 0 Å². The Hall–Kier alpha value is -2.66. The van der Waals surface area contributed by atoms with E-state index in [4.69, 9.17) is 4.74 Å². The molecule has 0 aliphatic rings. The van der Waals surface area contributed by atoms with Crippen LogP contribution in [0.5, 0.6) is 5.75 Å². The van der Waals surface area contributed by atoms with E-state index >= 15 is 0 Å². The second-order valence-corrected chi connectivity index (χ2v) is 7.56. The lowest BCUT2D eigenvalue weighted by Crippen LogP contribution is -2.28. The van der Waals surface area contributed by atoms with Crippen molar-refractivity contribution in [3.63, 3.8) is 0 Å². The average Bonchev–Trinajstić information content (AvgIpc) is 3.12. The first-order valence-electron chi connectivity index (χ1n) is 8.91. The monoisotopic (exact) mass is 380 g/mol. The molecule has 0 saturated heterocycles. The van der Waals surface area contributed by atoms with Gasteiger partial charge in [-0.15, -0.1) is 11.3 Å². The number of hydrogen-bond acceptors (Lipinski definition) is 4. The highest BCUT2D eigenvalue weighted by Gasteiger charge is 2.14. The smallest absolute Gasteiger partial charge is 0.226 e. The molecule has 4 nitrogen and oxygen atoms in total. The number of nitrogens with zero attached hydrogens (tertiary/aromatic N) is 1. The average molecular weight is 381 g/mol. The van der Waals surface area contributed by atoms with Crippen LogP contribution in [-0.4, -0.2) is 18.0 Å². The molecule has 5 heteroatoms. The maximum absolute atomic E-state index is 12.5. The number of aromatic nitrogens is 1. The Kier molecular flexibility index (Phi) is 5.91. The Bertz CT molecular complexity index is 932. The minimum Gasteiger partial charge on any atom is -0.497 e. The molecule has 140 valence electrons. The molecular formula is C22H24N2O2S. The highest BCUT2D eigenvalue weighted by Crippen LogP contribution is 2.26. The number of nitrogens with one attached hydrogen (secondary N) is 1. The first-order chi connectivity index (χ1) is 13.0. The van der Waals surface area contributed by atoms with Crippen LogP contribution >= 0.6 is 11.3 Å². The van der Waals surface area contributed by atoms with Crippen LogP contribution in [0.2, 0.25) is 0 Å². The maximum atomic E-state index is 12.5. The number of thiazole rings is 1. The predicted molar refractivity (Wildman–Crippen MR) is 110 cm³/mol. The van der Waals surface area contributed by atoms with Crippen molar-refractivity contribution in [3.05, 3.63) is 70.2 Å². The molecule has 0 bridgehead atoms. The van der Waals surface area contributed by atoms with Crippen molar-refractivity contribution in [2.75, 3.05) is 7.11 Å². The van der Waals surface area contributed by atoms with Crippen molar-refractivity contribution in [2.24, 2.45) is 0 Å². The van der Waals surface area contributed by atoms with Crippen molar-refractivity contribution in [3.8, 4) is 16.3 Å². The lowest BCUT2D eigenvalue weighted by Gasteiger charge is -2.17. The first-order valence-corrected chi connectivity index (χ1v) is 9.79. The van der Waals surface area contributed by atoms with Crippen LogP contribution in [0.15, 0.2) is 47.8 Å². The summed E-state index contributed by atoms with van der Waals surface area (Å²) >= 11 is 1.55. The lowest BCUT2D eigenvalue weighted by atomic mass is 10.00. The van der Waals surface area contributed by atoms with E-state index in [0.29, 0.717) is 0 Å². The topological polar surface area (TPSA) is 51.2 Å². The van der Waals surface area contributed by atoms with E-state index in [1.54, 1.807) is 18.4 Å². The predicted octanol–water partition coefficient (Wildman–Crippen LogP) is 4.86. The number of hydrogen-bond donors (Lipinski definition) is 1. The van der Waals surface area contributed by atoms with Gasteiger partial charge >= 0.3 is 0 Å². The van der Waals surface area contributed by atoms with Crippen LogP contribution in [0.4, 0.5) is 0 Å². The number of amides is 1. The highest BCUT2D eigenvalue weighted by molar-refractivity contribution is 7.13. The van der Waals surface area contributed by atoms with E-state index in [9.17, 15) is 4.79 Å². The molecular weight excluding hydrogens is 356 g/mol. The zero-order chi connectivity index (χ0) is 19.4. The van der Waals surface area contributed by atoms with E-state index in [2.05, 4.69) is 42.3 Å². The zero-order valence-corrected chi connectivity index (χ0v) is 16.9. The van der Waals surface area contributed by atoms with Gasteiger partial charge in [0, 0.05) is 10.9 Å². The van der Waals surface area contributed by atoms with Crippen molar-refractivity contribution >= 4 is 17.2 Å². The van der Waals surface area contributed by atoms with E-state index in [1.807, 2.05) is 36.6 Å². The molecule has 3 aromatic rings. The maximum Gasteiger partial charge on any atom is 0.226 e. The fourth-order valence-electron chi connectivity index (χ4n) is 3.02. The number of aryl methyl sites for hydroxylation is 2. The van der Waals surface area contributed by atoms with Gasteiger partial charge in [0.25, 0.3) is 0 Å². The summed E-state index contributed by atoms with van der Waals surface area (Å²) in [6.07, 6.45) is 0.280. The molecule has 1 aromatic heterocycles. The Balaban J connectivity index is 1.64. The van der Waals surface area contributed by atoms with Crippen molar-refractivity contribution in [2.45, 2.75) is 33.2 Å². The molecule has 1 heterocycles. The molecule has 1 amide bonds. The zero-order valence-electron chi connectivity index (χ0n) is 16.1. The van der Waals surface area contributed by atoms with Gasteiger partial charge in [-0.3, -0.25) is 4.79 Å². The van der Waals surface area contributed by atoms with Gasteiger partial charge in [0.2, 0.25) is 5.91 Å². The van der Waals surface area contributed by atoms with Crippen molar-refractivity contribution in [1.29, 1.82) is 0 Å². The van der Waals surface area contributed by atoms with Crippen LogP contribution in [0, 0.1) is 13.8 Å². The quantitative estimate of drug-likeness (QED) is 0.665. The van der Waals surface area contributed by atoms with Gasteiger partial charge in [-0.2, -0.15) is 0 Å². The third-order valence-electron chi connectivity index (χ3n) is 4.51. The van der Waals surface area contributed by atoms with Gasteiger partial charge in [0.15, 0.2) is 0 Å². The number of ether oxygens (including phenoxy) is 1. The summed E-state index contributed by atoms with van der Waals surface area (Å²) in [6, 6.07) is 14.1. The van der Waals surface area contributed by atoms with E-state index in [-0.39, 0.29) is 18.4 Å². The number of rotatable bonds is 6. The molecule has 0 aliphatic heterocycles. The number of carbonyl (C=O) groups excluding carboxylic acids is 1. The van der Waals surface area contributed by atoms with Gasteiger partial charge in [-0.25, -0.2) is 4.98 Å². The van der Waals surface area contributed by atoms with Crippen LogP contribution < -0.4 is 10.1 Å². The molecule has 1 N–H and O–H groups in total. The van der Waals surface area contributed by atoms with Gasteiger partial charge in [0.1, 0.15) is 10.8 Å². The highest BCUT2D eigenvalue weighted by atomic mass is 32.1. The van der Waals surface area contributed by atoms with Gasteiger partial charge in [-0.1, -0.05) is 23.8 Å². The molecule has 2 aromatic carbocycles. The first kappa shape index (κ1) is 19.1. The molecule has 0 spiro atoms. The minimum absolute atomic E-state index is 0.0185. The van der Waals surface area contributed by atoms with Crippen LogP contribution in [-0.2, 0) is 11.2 Å². The van der Waals surface area contributed by atoms with Crippen molar-refractivity contribution in [1.82, 2.24) is 10.3 Å². The largest absolute Gasteiger partial charge is 0.497 e. The van der Waals surface area contributed by atoms with Crippen molar-refractivity contribution < 1.29 is 9.53 Å². The summed E-state index contributed by atoms with van der Waals surface area (Å²) in [4.78, 5) is 17.1. The summed E-state index contributed by atoms with van der Waals surface area (Å²) < 4.78 is 5.18. The second kappa shape index (κ2) is 8.35. The normalized spacial score (nSPS) is 11.9. The summed E-state index contributed by atoms with van der Waals surface area (Å²) in [6.45, 7) is 6.15. The summed E-state index contributed by atoms with van der Waals surface area (Å²) in [5, 5.41) is 5.94. The minimum atomic E-state index is -0.0305. The Morgan fingerprint density at radius 1 is 1.19 bits per heavy atom. The molecule has 0 fully saturated rings. The summed E-state index contributed by atoms with van der Waals surface area (Å²) in [7, 11) is 1.65. The van der Waals surface area contributed by atoms with Gasteiger partial charge in [-0.05, 0) is 56.2 Å². The van der Waals surface area contributed by atoms with E-state index < -0.39 is 0 Å². The molecule has 0 unspecified atom stereocenters. The standard InChI is InChI=1S/C22H24N2O2S/c1-14-5-6-15(2)20(11-14)16(3)23-21(25)12-18-13-27-22(24-18)17-7-9-19(26-4)10-8-17/h5-11,13,16H,12H2,1-4H3,(H,23,25)/t16-/m1/s1. The SMILES string of the molecule is COc1ccc(-c2nc(CC(=O)N[C@H](C)c3cc(C)ccc3C)cs2)cc1. The fourth-order valence-corrected chi connectivity index (χ4v) is 3.84. The van der Waals surface area contributed by atoms with Gasteiger partial charge in [0.05, 0.1) is 25.3 Å². The lowest BCUT2D eigenvalue weighted by molar-refractivity contribution is -0.121. The number of methoxy groups -OCH3 is 1.